The van der Waals surface area contributed by atoms with Gasteiger partial charge >= 0.3 is 5.97 Å². The molecule has 1 amide bonds. The minimum atomic E-state index is -0.905. The minimum Gasteiger partial charge on any atom is -0.493 e. The Morgan fingerprint density at radius 2 is 1.86 bits per heavy atom. The maximum Gasteiger partial charge on any atom is 0.339 e. The summed E-state index contributed by atoms with van der Waals surface area (Å²) >= 11 is 6.25. The number of esters is 1. The van der Waals surface area contributed by atoms with E-state index in [2.05, 4.69) is 12.2 Å². The summed E-state index contributed by atoms with van der Waals surface area (Å²) in [5, 5.41) is 3.25. The van der Waals surface area contributed by atoms with Crippen LogP contribution in [0.25, 0.3) is 0 Å². The molecule has 0 heterocycles. The zero-order chi connectivity index (χ0) is 20.8. The van der Waals surface area contributed by atoms with Crippen molar-refractivity contribution in [3.63, 3.8) is 0 Å². The second kappa shape index (κ2) is 10.0. The highest BCUT2D eigenvalue weighted by atomic mass is 35.5. The van der Waals surface area contributed by atoms with E-state index in [4.69, 9.17) is 25.8 Å². The molecule has 1 aliphatic carbocycles. The number of halogens is 1. The number of amides is 1. The van der Waals surface area contributed by atoms with Crippen molar-refractivity contribution in [3.05, 3.63) is 22.7 Å². The largest absolute Gasteiger partial charge is 0.493 e. The van der Waals surface area contributed by atoms with Crippen molar-refractivity contribution in [1.29, 1.82) is 0 Å². The van der Waals surface area contributed by atoms with E-state index in [0.717, 1.165) is 19.3 Å². The number of carbonyl (C=O) groups excluding carboxylic acids is 2. The summed E-state index contributed by atoms with van der Waals surface area (Å²) in [5.74, 6) is 0.201. The molecule has 0 aliphatic heterocycles. The molecule has 1 saturated carbocycles. The number of methoxy groups -OCH3 is 1. The molecule has 156 valence electrons. The lowest BCUT2D eigenvalue weighted by atomic mass is 9.86. The average molecular weight is 412 g/mol. The van der Waals surface area contributed by atoms with Crippen LogP contribution in [0.5, 0.6) is 11.5 Å². The van der Waals surface area contributed by atoms with Crippen molar-refractivity contribution in [2.75, 3.05) is 7.11 Å². The molecule has 1 aromatic rings. The fraction of sp³-hybridized carbons (Fsp3) is 0.619. The van der Waals surface area contributed by atoms with Crippen LogP contribution < -0.4 is 14.8 Å². The van der Waals surface area contributed by atoms with Crippen LogP contribution in [0.4, 0.5) is 0 Å². The average Bonchev–Trinajstić information content (AvgIpc) is 2.64. The molecule has 0 saturated heterocycles. The maximum atomic E-state index is 12.5. The van der Waals surface area contributed by atoms with Gasteiger partial charge in [0.1, 0.15) is 0 Å². The van der Waals surface area contributed by atoms with Crippen molar-refractivity contribution in [2.24, 2.45) is 5.92 Å². The van der Waals surface area contributed by atoms with E-state index in [9.17, 15) is 9.59 Å². The van der Waals surface area contributed by atoms with Gasteiger partial charge in [-0.15, -0.1) is 0 Å². The number of benzene rings is 1. The van der Waals surface area contributed by atoms with Gasteiger partial charge in [-0.25, -0.2) is 4.79 Å². The van der Waals surface area contributed by atoms with Crippen LogP contribution in [0.2, 0.25) is 5.02 Å². The lowest BCUT2D eigenvalue weighted by Crippen LogP contribution is -2.45. The Kier molecular flexibility index (Phi) is 7.98. The highest BCUT2D eigenvalue weighted by Crippen LogP contribution is 2.37. The summed E-state index contributed by atoms with van der Waals surface area (Å²) in [4.78, 5) is 24.9. The first-order valence-corrected chi connectivity index (χ1v) is 10.2. The van der Waals surface area contributed by atoms with Crippen molar-refractivity contribution in [1.82, 2.24) is 5.32 Å². The first-order valence-electron chi connectivity index (χ1n) is 9.78. The molecule has 0 aromatic heterocycles. The van der Waals surface area contributed by atoms with E-state index < -0.39 is 12.1 Å². The van der Waals surface area contributed by atoms with E-state index in [1.54, 1.807) is 6.92 Å². The molecular formula is C21H30ClNO5. The molecule has 2 rings (SSSR count). The lowest BCUT2D eigenvalue weighted by Gasteiger charge is -2.30. The van der Waals surface area contributed by atoms with Gasteiger partial charge in [-0.2, -0.15) is 0 Å². The minimum absolute atomic E-state index is 0.102. The van der Waals surface area contributed by atoms with Crippen molar-refractivity contribution in [2.45, 2.75) is 71.6 Å². The Labute approximate surface area is 171 Å². The molecule has 3 atom stereocenters. The molecule has 28 heavy (non-hydrogen) atoms. The van der Waals surface area contributed by atoms with E-state index in [0.29, 0.717) is 17.4 Å². The van der Waals surface area contributed by atoms with Gasteiger partial charge in [0.25, 0.3) is 5.91 Å². The molecule has 7 heteroatoms. The van der Waals surface area contributed by atoms with Crippen LogP contribution in [0.1, 0.15) is 63.7 Å². The normalized spacial score (nSPS) is 20.4. The fourth-order valence-electron chi connectivity index (χ4n) is 3.30. The zero-order valence-corrected chi connectivity index (χ0v) is 18.0. The fourth-order valence-corrected chi connectivity index (χ4v) is 3.56. The Morgan fingerprint density at radius 3 is 2.46 bits per heavy atom. The number of hydrogen-bond acceptors (Lipinski definition) is 5. The van der Waals surface area contributed by atoms with Gasteiger partial charge in [0, 0.05) is 6.04 Å². The van der Waals surface area contributed by atoms with Crippen molar-refractivity contribution >= 4 is 23.5 Å². The molecule has 1 aromatic carbocycles. The monoisotopic (exact) mass is 411 g/mol. The summed E-state index contributed by atoms with van der Waals surface area (Å²) < 4.78 is 16.3. The van der Waals surface area contributed by atoms with Crippen molar-refractivity contribution < 1.29 is 23.8 Å². The summed E-state index contributed by atoms with van der Waals surface area (Å²) in [6, 6.07) is 3.09. The molecule has 1 N–H and O–H groups in total. The van der Waals surface area contributed by atoms with Gasteiger partial charge in [-0.1, -0.05) is 31.4 Å². The summed E-state index contributed by atoms with van der Waals surface area (Å²) in [6.45, 7) is 7.43. The van der Waals surface area contributed by atoms with Gasteiger partial charge in [-0.3, -0.25) is 4.79 Å². The second-order valence-electron chi connectivity index (χ2n) is 7.58. The molecule has 0 radical (unpaired) electrons. The van der Waals surface area contributed by atoms with Crippen LogP contribution in [-0.2, 0) is 9.53 Å². The topological polar surface area (TPSA) is 73.9 Å². The van der Waals surface area contributed by atoms with E-state index in [-0.39, 0.29) is 28.6 Å². The molecule has 0 bridgehead atoms. The van der Waals surface area contributed by atoms with Crippen LogP contribution in [-0.4, -0.2) is 37.2 Å². The molecular weight excluding hydrogens is 382 g/mol. The van der Waals surface area contributed by atoms with E-state index >= 15 is 0 Å². The Bertz CT molecular complexity index is 706. The van der Waals surface area contributed by atoms with Gasteiger partial charge in [0.2, 0.25) is 0 Å². The first kappa shape index (κ1) is 22.3. The number of rotatable bonds is 7. The van der Waals surface area contributed by atoms with Crippen molar-refractivity contribution in [3.8, 4) is 11.5 Å². The van der Waals surface area contributed by atoms with Crippen LogP contribution in [0.3, 0.4) is 0 Å². The smallest absolute Gasteiger partial charge is 0.339 e. The maximum absolute atomic E-state index is 12.5. The standard InChI is InChI=1S/C21H30ClNO5/c1-12(2)27-19-16(22)10-15(11-18(19)26-5)21(25)28-14(4)20(24)23-17-9-7-6-8-13(17)3/h10-14,17H,6-9H2,1-5H3,(H,23,24)/t13-,14-,17+/m1/s1. The molecule has 1 fully saturated rings. The third-order valence-electron chi connectivity index (χ3n) is 4.91. The van der Waals surface area contributed by atoms with E-state index in [1.807, 2.05) is 13.8 Å². The molecule has 6 nitrogen and oxygen atoms in total. The lowest BCUT2D eigenvalue weighted by molar-refractivity contribution is -0.130. The van der Waals surface area contributed by atoms with Crippen LogP contribution >= 0.6 is 11.6 Å². The molecule has 0 spiro atoms. The Hall–Kier alpha value is -1.95. The number of nitrogens with one attached hydrogen (secondary N) is 1. The SMILES string of the molecule is COc1cc(C(=O)O[C@H](C)C(=O)N[C@H]2CCCC[C@H]2C)cc(Cl)c1OC(C)C. The van der Waals surface area contributed by atoms with Gasteiger partial charge in [0.05, 0.1) is 23.8 Å². The quantitative estimate of drug-likeness (QED) is 0.674. The van der Waals surface area contributed by atoms with E-state index in [1.165, 1.54) is 25.7 Å². The second-order valence-corrected chi connectivity index (χ2v) is 7.99. The summed E-state index contributed by atoms with van der Waals surface area (Å²) in [5.41, 5.74) is 0.198. The highest BCUT2D eigenvalue weighted by Gasteiger charge is 2.27. The number of carbonyl (C=O) groups is 2. The number of ether oxygens (including phenoxy) is 3. The van der Waals surface area contributed by atoms with Crippen LogP contribution in [0, 0.1) is 5.92 Å². The Balaban J connectivity index is 2.04. The highest BCUT2D eigenvalue weighted by molar-refractivity contribution is 6.32. The first-order chi connectivity index (χ1) is 13.2. The third kappa shape index (κ3) is 5.77. The summed E-state index contributed by atoms with van der Waals surface area (Å²) in [7, 11) is 1.47. The predicted octanol–water partition coefficient (Wildman–Crippen LogP) is 4.38. The third-order valence-corrected chi connectivity index (χ3v) is 5.19. The predicted molar refractivity (Wildman–Crippen MR) is 108 cm³/mol. The Morgan fingerprint density at radius 1 is 1.18 bits per heavy atom. The van der Waals surface area contributed by atoms with Crippen LogP contribution in [0.15, 0.2) is 12.1 Å². The molecule has 1 aliphatic rings. The van der Waals surface area contributed by atoms with Gasteiger partial charge in [-0.05, 0) is 51.7 Å². The zero-order valence-electron chi connectivity index (χ0n) is 17.2. The van der Waals surface area contributed by atoms with Gasteiger partial charge in [0.15, 0.2) is 17.6 Å². The summed E-state index contributed by atoms with van der Waals surface area (Å²) in [6.07, 6.45) is 3.34. The van der Waals surface area contributed by atoms with Gasteiger partial charge < -0.3 is 19.5 Å². The number of hydrogen-bond donors (Lipinski definition) is 1. The molecule has 0 unspecified atom stereocenters.